The Labute approximate surface area is 198 Å². The van der Waals surface area contributed by atoms with Gasteiger partial charge in [0.1, 0.15) is 24.0 Å². The second-order valence-electron chi connectivity index (χ2n) is 7.03. The van der Waals surface area contributed by atoms with Gasteiger partial charge in [0, 0.05) is 11.6 Å². The van der Waals surface area contributed by atoms with Crippen LogP contribution in [0.5, 0.6) is 17.2 Å². The third-order valence-electron chi connectivity index (χ3n) is 4.78. The highest BCUT2D eigenvalue weighted by molar-refractivity contribution is 6.30. The molecule has 0 fully saturated rings. The van der Waals surface area contributed by atoms with Crippen LogP contribution in [0.3, 0.4) is 0 Å². The molecule has 1 amide bonds. The van der Waals surface area contributed by atoms with E-state index in [1.165, 1.54) is 13.2 Å². The summed E-state index contributed by atoms with van der Waals surface area (Å²) in [4.78, 5) is 12.5. The van der Waals surface area contributed by atoms with Gasteiger partial charge in [-0.15, -0.1) is 0 Å². The summed E-state index contributed by atoms with van der Waals surface area (Å²) >= 11 is 5.91. The molecule has 0 heterocycles. The van der Waals surface area contributed by atoms with Gasteiger partial charge in [-0.2, -0.15) is 5.26 Å². The van der Waals surface area contributed by atoms with E-state index < -0.39 is 5.91 Å². The molecule has 0 saturated carbocycles. The summed E-state index contributed by atoms with van der Waals surface area (Å²) in [5.74, 6) is 1.31. The zero-order valence-electron chi connectivity index (χ0n) is 18.3. The Morgan fingerprint density at radius 2 is 1.67 bits per heavy atom. The largest absolute Gasteiger partial charge is 0.497 e. The average molecular weight is 463 g/mol. The molecule has 0 aromatic heterocycles. The first kappa shape index (κ1) is 23.7. The molecular weight excluding hydrogens is 440 g/mol. The molecule has 0 spiro atoms. The number of halogens is 1. The van der Waals surface area contributed by atoms with Crippen molar-refractivity contribution < 1.29 is 19.0 Å². The molecule has 3 rings (SSSR count). The van der Waals surface area contributed by atoms with Gasteiger partial charge >= 0.3 is 0 Å². The van der Waals surface area contributed by atoms with Crippen LogP contribution in [0.2, 0.25) is 5.02 Å². The summed E-state index contributed by atoms with van der Waals surface area (Å²) in [6, 6.07) is 21.9. The van der Waals surface area contributed by atoms with Gasteiger partial charge in [0.15, 0.2) is 11.5 Å². The second-order valence-corrected chi connectivity index (χ2v) is 7.46. The molecule has 6 nitrogen and oxygen atoms in total. The van der Waals surface area contributed by atoms with E-state index in [0.29, 0.717) is 35.2 Å². The van der Waals surface area contributed by atoms with Crippen LogP contribution in [0.25, 0.3) is 6.08 Å². The molecule has 0 radical (unpaired) electrons. The molecule has 1 N–H and O–H groups in total. The number of ether oxygens (including phenoxy) is 3. The summed E-state index contributed by atoms with van der Waals surface area (Å²) in [7, 11) is 3.12. The lowest BCUT2D eigenvalue weighted by Crippen LogP contribution is -2.23. The summed E-state index contributed by atoms with van der Waals surface area (Å²) in [5, 5.41) is 12.9. The molecule has 33 heavy (non-hydrogen) atoms. The molecule has 0 aliphatic carbocycles. The number of benzene rings is 3. The van der Waals surface area contributed by atoms with Gasteiger partial charge < -0.3 is 19.5 Å². The van der Waals surface area contributed by atoms with Gasteiger partial charge in [0.2, 0.25) is 0 Å². The van der Waals surface area contributed by atoms with E-state index in [2.05, 4.69) is 5.32 Å². The Kier molecular flexibility index (Phi) is 8.34. The molecule has 3 aromatic carbocycles. The zero-order chi connectivity index (χ0) is 23.6. The molecule has 0 bridgehead atoms. The van der Waals surface area contributed by atoms with Crippen LogP contribution >= 0.6 is 11.6 Å². The Morgan fingerprint density at radius 1 is 0.970 bits per heavy atom. The number of methoxy groups -OCH3 is 2. The third kappa shape index (κ3) is 6.76. The highest BCUT2D eigenvalue weighted by atomic mass is 35.5. The quantitative estimate of drug-likeness (QED) is 0.351. The number of nitrogens with one attached hydrogen (secondary N) is 1. The van der Waals surface area contributed by atoms with E-state index in [1.54, 1.807) is 37.4 Å². The van der Waals surface area contributed by atoms with Gasteiger partial charge in [0.05, 0.1) is 14.2 Å². The minimum atomic E-state index is -0.463. The lowest BCUT2D eigenvalue weighted by Gasteiger charge is -2.12. The summed E-state index contributed by atoms with van der Waals surface area (Å²) in [5.41, 5.74) is 2.48. The van der Waals surface area contributed by atoms with Crippen molar-refractivity contribution in [2.24, 2.45) is 0 Å². The molecule has 0 unspecified atom stereocenters. The van der Waals surface area contributed by atoms with Crippen LogP contribution < -0.4 is 19.5 Å². The van der Waals surface area contributed by atoms with Crippen LogP contribution in [0.4, 0.5) is 0 Å². The number of nitrogens with zero attached hydrogens (tertiary/aromatic N) is 1. The lowest BCUT2D eigenvalue weighted by atomic mass is 10.1. The SMILES string of the molecule is COc1ccc(CNC(=O)/C(C#N)=C/c2ccc(OCc3ccc(Cl)cc3)c(OC)c2)cc1. The molecular formula is C26H23ClN2O4. The molecule has 0 aliphatic heterocycles. The fourth-order valence-corrected chi connectivity index (χ4v) is 3.10. The number of amides is 1. The van der Waals surface area contributed by atoms with E-state index in [0.717, 1.165) is 16.9 Å². The summed E-state index contributed by atoms with van der Waals surface area (Å²) in [6.07, 6.45) is 1.51. The molecule has 0 atom stereocenters. The molecule has 0 aliphatic rings. The smallest absolute Gasteiger partial charge is 0.262 e. The Balaban J connectivity index is 1.66. The van der Waals surface area contributed by atoms with Crippen LogP contribution in [0.1, 0.15) is 16.7 Å². The summed E-state index contributed by atoms with van der Waals surface area (Å²) < 4.78 is 16.4. The van der Waals surface area contributed by atoms with E-state index >= 15 is 0 Å². The number of carbonyl (C=O) groups is 1. The number of hydrogen-bond donors (Lipinski definition) is 1. The van der Waals surface area contributed by atoms with Crippen LogP contribution in [-0.2, 0) is 17.9 Å². The molecule has 7 heteroatoms. The average Bonchev–Trinajstić information content (AvgIpc) is 2.86. The maximum atomic E-state index is 12.5. The van der Waals surface area contributed by atoms with Crippen LogP contribution in [-0.4, -0.2) is 20.1 Å². The highest BCUT2D eigenvalue weighted by Gasteiger charge is 2.11. The van der Waals surface area contributed by atoms with Crippen LogP contribution in [0.15, 0.2) is 72.3 Å². The first-order valence-corrected chi connectivity index (χ1v) is 10.5. The van der Waals surface area contributed by atoms with Crippen LogP contribution in [0, 0.1) is 11.3 Å². The van der Waals surface area contributed by atoms with E-state index in [4.69, 9.17) is 25.8 Å². The fourth-order valence-electron chi connectivity index (χ4n) is 2.97. The van der Waals surface area contributed by atoms with Gasteiger partial charge in [-0.3, -0.25) is 4.79 Å². The van der Waals surface area contributed by atoms with E-state index in [-0.39, 0.29) is 5.57 Å². The molecule has 0 saturated heterocycles. The zero-order valence-corrected chi connectivity index (χ0v) is 19.1. The Morgan fingerprint density at radius 3 is 2.30 bits per heavy atom. The number of nitriles is 1. The van der Waals surface area contributed by atoms with Crippen molar-refractivity contribution in [3.63, 3.8) is 0 Å². The van der Waals surface area contributed by atoms with Crippen molar-refractivity contribution in [1.82, 2.24) is 5.32 Å². The predicted octanol–water partition coefficient (Wildman–Crippen LogP) is 5.16. The minimum Gasteiger partial charge on any atom is -0.497 e. The monoisotopic (exact) mass is 462 g/mol. The summed E-state index contributed by atoms with van der Waals surface area (Å²) in [6.45, 7) is 0.641. The van der Waals surface area contributed by atoms with Crippen molar-refractivity contribution >= 4 is 23.6 Å². The minimum absolute atomic E-state index is 0.0135. The van der Waals surface area contributed by atoms with Crippen molar-refractivity contribution in [1.29, 1.82) is 5.26 Å². The van der Waals surface area contributed by atoms with Gasteiger partial charge in [0.25, 0.3) is 5.91 Å². The first-order valence-electron chi connectivity index (χ1n) is 10.1. The maximum Gasteiger partial charge on any atom is 0.262 e. The van der Waals surface area contributed by atoms with Crippen molar-refractivity contribution in [3.05, 3.63) is 94.0 Å². The van der Waals surface area contributed by atoms with Crippen molar-refractivity contribution in [2.45, 2.75) is 13.2 Å². The highest BCUT2D eigenvalue weighted by Crippen LogP contribution is 2.30. The molecule has 168 valence electrons. The van der Waals surface area contributed by atoms with Gasteiger partial charge in [-0.1, -0.05) is 41.9 Å². The topological polar surface area (TPSA) is 80.6 Å². The second kappa shape index (κ2) is 11.6. The molecule has 3 aromatic rings. The number of rotatable bonds is 9. The maximum absolute atomic E-state index is 12.5. The van der Waals surface area contributed by atoms with E-state index in [9.17, 15) is 10.1 Å². The Bertz CT molecular complexity index is 1170. The van der Waals surface area contributed by atoms with Crippen molar-refractivity contribution in [3.8, 4) is 23.3 Å². The standard InChI is InChI=1S/C26H23ClN2O4/c1-31-23-10-5-18(6-11-23)16-29-26(30)21(15-28)13-20-7-12-24(25(14-20)32-2)33-17-19-3-8-22(27)9-4-19/h3-14H,16-17H2,1-2H3,(H,29,30)/b21-13+. The fraction of sp³-hybridized carbons (Fsp3) is 0.154. The van der Waals surface area contributed by atoms with Gasteiger partial charge in [-0.25, -0.2) is 0 Å². The predicted molar refractivity (Wildman–Crippen MR) is 127 cm³/mol. The lowest BCUT2D eigenvalue weighted by molar-refractivity contribution is -0.117. The first-order chi connectivity index (χ1) is 16.0. The number of carbonyl (C=O) groups excluding carboxylic acids is 1. The third-order valence-corrected chi connectivity index (χ3v) is 5.04. The Hall–Kier alpha value is -3.95. The van der Waals surface area contributed by atoms with E-state index in [1.807, 2.05) is 42.5 Å². The van der Waals surface area contributed by atoms with Crippen molar-refractivity contribution in [2.75, 3.05) is 14.2 Å². The number of hydrogen-bond acceptors (Lipinski definition) is 5. The van der Waals surface area contributed by atoms with Gasteiger partial charge in [-0.05, 0) is 59.2 Å². The normalized spacial score (nSPS) is 10.8.